The van der Waals surface area contributed by atoms with Crippen LogP contribution in [0.25, 0.3) is 173 Å². The predicted molar refractivity (Wildman–Crippen MR) is 576 cm³/mol. The first kappa shape index (κ1) is 82.7. The Labute approximate surface area is 804 Å². The second-order valence-electron chi connectivity index (χ2n) is 35.0. The molecule has 13 heteroatoms. The largest absolute Gasteiger partial charge is 0.458 e. The lowest BCUT2D eigenvalue weighted by Gasteiger charge is -2.39. The molecule has 0 saturated carbocycles. The van der Waals surface area contributed by atoms with Gasteiger partial charge in [-0.3, -0.25) is 4.57 Å². The molecule has 1 aliphatic rings. The average molecular weight is 1810 g/mol. The van der Waals surface area contributed by atoms with Crippen molar-refractivity contribution in [3.05, 3.63) is 516 Å². The summed E-state index contributed by atoms with van der Waals surface area (Å²) in [5.41, 5.74) is 18.1. The van der Waals surface area contributed by atoms with Crippen molar-refractivity contribution in [1.82, 2.24) is 43.6 Å². The van der Waals surface area contributed by atoms with E-state index in [-0.39, 0.29) is 0 Å². The number of furan rings is 1. The summed E-state index contributed by atoms with van der Waals surface area (Å²) in [5.74, 6) is 5.63. The van der Waals surface area contributed by atoms with Crippen molar-refractivity contribution in [1.29, 1.82) is 0 Å². The quantitative estimate of drug-likeness (QED) is 0.0736. The van der Waals surface area contributed by atoms with E-state index in [4.69, 9.17) is 39.1 Å². The van der Waals surface area contributed by atoms with Gasteiger partial charge in [0.15, 0.2) is 45.3 Å². The van der Waals surface area contributed by atoms with Crippen LogP contribution in [0.2, 0.25) is 0 Å². The van der Waals surface area contributed by atoms with Gasteiger partial charge in [0.25, 0.3) is 0 Å². The molecule has 0 amide bonds. The van der Waals surface area contributed by atoms with Crippen molar-refractivity contribution in [2.75, 3.05) is 0 Å². The van der Waals surface area contributed by atoms with Crippen molar-refractivity contribution in [2.45, 2.75) is 0 Å². The zero-order chi connectivity index (χ0) is 92.2. The minimum absolute atomic E-state index is 0.592. The third-order valence-electron chi connectivity index (χ3n) is 27.2. The minimum atomic E-state index is -2.79. The van der Waals surface area contributed by atoms with Crippen LogP contribution in [0.4, 0.5) is 0 Å². The van der Waals surface area contributed by atoms with Crippen molar-refractivity contribution >= 4 is 145 Å². The molecule has 11 nitrogen and oxygen atoms in total. The van der Waals surface area contributed by atoms with E-state index in [1.165, 1.54) is 90.7 Å². The maximum atomic E-state index is 6.53. The van der Waals surface area contributed by atoms with Crippen LogP contribution in [-0.2, 0) is 0 Å². The Balaban J connectivity index is 0.000000111. The van der Waals surface area contributed by atoms with Crippen LogP contribution in [0.3, 0.4) is 0 Å². The summed E-state index contributed by atoms with van der Waals surface area (Å²) in [6.45, 7) is 0. The highest BCUT2D eigenvalue weighted by Gasteiger charge is 2.48. The summed E-state index contributed by atoms with van der Waals surface area (Å²) in [6, 6.07) is 182. The Morgan fingerprint density at radius 2 is 0.576 bits per heavy atom. The van der Waals surface area contributed by atoms with Crippen molar-refractivity contribution in [3.8, 4) is 96.9 Å². The van der Waals surface area contributed by atoms with Crippen molar-refractivity contribution in [2.24, 2.45) is 0 Å². The Bertz CT molecular complexity index is 8840. The number of ether oxygens (including phenoxy) is 1. The molecule has 1 aliphatic heterocycles. The Hall–Kier alpha value is -18.1. The lowest BCUT2D eigenvalue weighted by Crippen LogP contribution is -2.76. The van der Waals surface area contributed by atoms with E-state index < -0.39 is 16.1 Å². The molecule has 0 unspecified atom stereocenters. The molecule has 0 radical (unpaired) electrons. The molecular formula is C126H85N9O2Si2. The highest BCUT2D eigenvalue weighted by Crippen LogP contribution is 2.44. The number of para-hydroxylation sites is 6. The second-order valence-corrected chi connectivity index (χ2v) is 42.6. The Kier molecular flexibility index (Phi) is 21.0. The number of nitrogens with zero attached hydrogens (tertiary/aromatic N) is 9. The summed E-state index contributed by atoms with van der Waals surface area (Å²) >= 11 is 0. The van der Waals surface area contributed by atoms with Crippen LogP contribution in [0.1, 0.15) is 0 Å². The second kappa shape index (κ2) is 35.3. The molecule has 20 aromatic carbocycles. The monoisotopic (exact) mass is 1810 g/mol. The Morgan fingerprint density at radius 1 is 0.209 bits per heavy atom. The molecule has 0 N–H and O–H groups in total. The fraction of sp³-hybridized carbons (Fsp3) is 0. The third kappa shape index (κ3) is 14.5. The van der Waals surface area contributed by atoms with Crippen LogP contribution in [0.15, 0.2) is 520 Å². The summed E-state index contributed by atoms with van der Waals surface area (Å²) in [5, 5.41) is 19.8. The van der Waals surface area contributed by atoms with Gasteiger partial charge in [0, 0.05) is 76.9 Å². The molecule has 654 valence electrons. The summed E-state index contributed by atoms with van der Waals surface area (Å²) in [7, 11) is -5.52. The minimum Gasteiger partial charge on any atom is -0.458 e. The van der Waals surface area contributed by atoms with E-state index in [1.807, 2.05) is 140 Å². The number of hydrogen-bond donors (Lipinski definition) is 0. The molecule has 7 heterocycles. The fourth-order valence-corrected chi connectivity index (χ4v) is 30.8. The molecule has 139 heavy (non-hydrogen) atoms. The van der Waals surface area contributed by atoms with Gasteiger partial charge in [-0.15, -0.1) is 0 Å². The van der Waals surface area contributed by atoms with E-state index in [9.17, 15) is 0 Å². The third-order valence-corrected chi connectivity index (χ3v) is 36.8. The zero-order valence-electron chi connectivity index (χ0n) is 75.4. The highest BCUT2D eigenvalue weighted by atomic mass is 28.3. The molecule has 26 aromatic rings. The first-order valence-corrected chi connectivity index (χ1v) is 51.0. The van der Waals surface area contributed by atoms with Crippen molar-refractivity contribution in [3.63, 3.8) is 0 Å². The number of aromatic nitrogens is 9. The summed E-state index contributed by atoms with van der Waals surface area (Å²) < 4.78 is 20.0. The SMILES string of the molecule is c1ccc(-c2cccc(-n3c4ccccc4c4cc(-n5c6ccccc6c6c7oc8ccccc8c7ccc65)ccc43)c2)cc1.c1ccc(-c2nc(-c3ccccc3)nc(-c3cccc([Si]4(c5ccccc5)c5ccccc5Oc5ccccc54)c3)n2)cc1.c1ccc(-c2nc(-c3ccccc3)nc(-n3c4ccccc4c4cc([Si](c5ccccc5)(c5ccccc5)c5ccccc5)ccc43)n2)cc1. The number of rotatable bonds is 15. The van der Waals surface area contributed by atoms with Crippen LogP contribution in [-0.4, -0.2) is 59.8 Å². The standard InChI is InChI=1S/C45H32N4Si.C42H26N2O.C39H27N3OSi/c1-6-18-33(19-7-1)43-46-44(34-20-8-2-9-21-34)48-45(47-43)49-41-29-17-16-28-39(41)40-32-38(30-31-42(40)49)50(35-22-10-3-11-23-35,36-24-12-4-13-25-36)37-26-14-5-15-27-37;1-2-11-27(12-3-1)28-13-10-14-29(25-28)43-36-18-7-4-15-31(36)35-26-30(21-23-38(35)43)44-37-19-8-5-17-34(37)41-39(44)24-22-33-32-16-6-9-20-40(32)45-42(33)41;1-4-15-28(16-5-1)37-40-38(29-17-6-2-7-18-29)42-39(41-37)30-19-14-22-32(27-30)44(31-20-8-3-9-21-31)35-25-12-10-23-33(35)43-34-24-11-13-26-36(34)44/h1-32H;1-26H;1-27H. The molecular weight excluding hydrogens is 1730 g/mol. The summed E-state index contributed by atoms with van der Waals surface area (Å²) in [4.78, 5) is 30.2. The number of hydrogen-bond acceptors (Lipinski definition) is 8. The van der Waals surface area contributed by atoms with Crippen LogP contribution in [0.5, 0.6) is 11.5 Å². The molecule has 0 aliphatic carbocycles. The van der Waals surface area contributed by atoms with Crippen LogP contribution < -0.4 is 46.2 Å². The average Bonchev–Trinajstić information content (AvgIpc) is 1.66. The van der Waals surface area contributed by atoms with Gasteiger partial charge in [-0.1, -0.05) is 431 Å². The van der Waals surface area contributed by atoms with E-state index in [0.29, 0.717) is 35.1 Å². The van der Waals surface area contributed by atoms with Gasteiger partial charge in [0.1, 0.15) is 22.7 Å². The van der Waals surface area contributed by atoms with Gasteiger partial charge in [0.2, 0.25) is 5.95 Å². The van der Waals surface area contributed by atoms with Gasteiger partial charge in [-0.05, 0) is 138 Å². The van der Waals surface area contributed by atoms with E-state index in [1.54, 1.807) is 0 Å². The predicted octanol–water partition coefficient (Wildman–Crippen LogP) is 25.5. The molecule has 6 aromatic heterocycles. The van der Waals surface area contributed by atoms with Gasteiger partial charge in [-0.25, -0.2) is 19.9 Å². The Morgan fingerprint density at radius 3 is 1.12 bits per heavy atom. The molecule has 0 fully saturated rings. The normalized spacial score (nSPS) is 12.1. The smallest absolute Gasteiger partial charge is 0.238 e. The van der Waals surface area contributed by atoms with Gasteiger partial charge >= 0.3 is 0 Å². The lowest BCUT2D eigenvalue weighted by molar-refractivity contribution is 0.487. The summed E-state index contributed by atoms with van der Waals surface area (Å²) in [6.07, 6.45) is 0. The van der Waals surface area contributed by atoms with Crippen LogP contribution in [0, 0.1) is 0 Å². The van der Waals surface area contributed by atoms with E-state index >= 15 is 0 Å². The van der Waals surface area contributed by atoms with Gasteiger partial charge in [-0.2, -0.15) is 9.97 Å². The van der Waals surface area contributed by atoms with Crippen molar-refractivity contribution < 1.29 is 9.15 Å². The fourth-order valence-electron chi connectivity index (χ4n) is 21.0. The topological polar surface area (TPSA) is 115 Å². The molecule has 27 rings (SSSR count). The van der Waals surface area contributed by atoms with E-state index in [0.717, 1.165) is 100.0 Å². The zero-order valence-corrected chi connectivity index (χ0v) is 77.4. The lowest BCUT2D eigenvalue weighted by atomic mass is 10.1. The molecule has 0 saturated heterocycles. The van der Waals surface area contributed by atoms with Crippen LogP contribution >= 0.6 is 0 Å². The van der Waals surface area contributed by atoms with Gasteiger partial charge in [0.05, 0.1) is 38.5 Å². The number of benzene rings is 20. The molecule has 0 bridgehead atoms. The number of fused-ring (bicyclic) bond motifs is 15. The molecule has 0 atom stereocenters. The molecule has 0 spiro atoms. The van der Waals surface area contributed by atoms with Gasteiger partial charge < -0.3 is 18.3 Å². The first-order valence-electron chi connectivity index (χ1n) is 47.0. The maximum absolute atomic E-state index is 6.53. The first-order chi connectivity index (χ1) is 68.9. The highest BCUT2D eigenvalue weighted by molar-refractivity contribution is 7.21. The maximum Gasteiger partial charge on any atom is 0.238 e. The van der Waals surface area contributed by atoms with E-state index in [2.05, 4.69) is 390 Å².